The van der Waals surface area contributed by atoms with Gasteiger partial charge in [0.15, 0.2) is 5.82 Å². The molecule has 4 heterocycles. The highest BCUT2D eigenvalue weighted by molar-refractivity contribution is 7.09. The first-order chi connectivity index (χ1) is 13.2. The molecule has 2 aromatic heterocycles. The molecule has 0 N–H and O–H groups in total. The maximum Gasteiger partial charge on any atom is 0.257 e. The number of methoxy groups -OCH3 is 1. The van der Waals surface area contributed by atoms with Gasteiger partial charge in [-0.1, -0.05) is 0 Å². The van der Waals surface area contributed by atoms with E-state index in [-0.39, 0.29) is 0 Å². The molecule has 0 radical (unpaired) electrons. The average Bonchev–Trinajstić information content (AvgIpc) is 3.13. The summed E-state index contributed by atoms with van der Waals surface area (Å²) < 4.78 is 5.38. The molecule has 2 aromatic rings. The number of piperidine rings is 2. The highest BCUT2D eigenvalue weighted by Crippen LogP contribution is 2.35. The summed E-state index contributed by atoms with van der Waals surface area (Å²) in [5, 5.41) is 0. The molecule has 146 valence electrons. The summed E-state index contributed by atoms with van der Waals surface area (Å²) in [6.45, 7) is 7.76. The van der Waals surface area contributed by atoms with Crippen LogP contribution in [-0.2, 0) is 6.54 Å². The van der Waals surface area contributed by atoms with Crippen molar-refractivity contribution in [1.82, 2.24) is 19.9 Å². The lowest BCUT2D eigenvalue weighted by molar-refractivity contribution is 0.129. The normalized spacial score (nSPS) is 20.1. The fraction of sp³-hybridized carbons (Fsp3) is 0.650. The van der Waals surface area contributed by atoms with E-state index in [0.717, 1.165) is 37.3 Å². The maximum atomic E-state index is 5.38. The third kappa shape index (κ3) is 4.24. The number of aromatic nitrogens is 3. The van der Waals surface area contributed by atoms with Crippen LogP contribution in [0.15, 0.2) is 17.9 Å². The van der Waals surface area contributed by atoms with Gasteiger partial charge in [0.05, 0.1) is 18.3 Å². The monoisotopic (exact) mass is 387 g/mol. The Kier molecular flexibility index (Phi) is 5.88. The molecule has 0 saturated carbocycles. The molecule has 6 nitrogen and oxygen atoms in total. The Morgan fingerprint density at radius 1 is 1.00 bits per heavy atom. The number of thiazole rings is 1. The van der Waals surface area contributed by atoms with E-state index in [9.17, 15) is 0 Å². The standard InChI is InChI=1S/C20H29N5OS/c1-15-18(27-14-23-15)13-24-9-3-16(4-10-24)17-5-11-25(12-6-17)19-20(26-2)22-8-7-21-19/h7-8,14,16-17H,3-6,9-13H2,1-2H3. The third-order valence-corrected chi connectivity index (χ3v) is 7.11. The van der Waals surface area contributed by atoms with E-state index in [1.165, 1.54) is 49.3 Å². The van der Waals surface area contributed by atoms with E-state index in [2.05, 4.69) is 31.7 Å². The Bertz CT molecular complexity index is 735. The van der Waals surface area contributed by atoms with Crippen molar-refractivity contribution in [2.45, 2.75) is 39.2 Å². The van der Waals surface area contributed by atoms with Gasteiger partial charge >= 0.3 is 0 Å². The van der Waals surface area contributed by atoms with E-state index in [0.29, 0.717) is 5.88 Å². The predicted octanol–water partition coefficient (Wildman–Crippen LogP) is 3.38. The van der Waals surface area contributed by atoms with Gasteiger partial charge in [0.2, 0.25) is 0 Å². The Hall–Kier alpha value is -1.73. The lowest BCUT2D eigenvalue weighted by Crippen LogP contribution is -2.41. The van der Waals surface area contributed by atoms with Crippen molar-refractivity contribution >= 4 is 17.2 Å². The quantitative estimate of drug-likeness (QED) is 0.784. The van der Waals surface area contributed by atoms with Gasteiger partial charge in [0.1, 0.15) is 0 Å². The molecular weight excluding hydrogens is 358 g/mol. The predicted molar refractivity (Wildman–Crippen MR) is 108 cm³/mol. The number of rotatable bonds is 5. The molecule has 0 aromatic carbocycles. The summed E-state index contributed by atoms with van der Waals surface area (Å²) in [6.07, 6.45) is 8.60. The minimum absolute atomic E-state index is 0.641. The molecule has 7 heteroatoms. The van der Waals surface area contributed by atoms with E-state index < -0.39 is 0 Å². The van der Waals surface area contributed by atoms with Crippen LogP contribution in [0.25, 0.3) is 0 Å². The smallest absolute Gasteiger partial charge is 0.257 e. The van der Waals surface area contributed by atoms with E-state index in [4.69, 9.17) is 4.74 Å². The number of aryl methyl sites for hydroxylation is 1. The summed E-state index contributed by atoms with van der Waals surface area (Å²) >= 11 is 1.79. The number of likely N-dealkylation sites (tertiary alicyclic amines) is 1. The van der Waals surface area contributed by atoms with Gasteiger partial charge < -0.3 is 9.64 Å². The van der Waals surface area contributed by atoms with Crippen LogP contribution in [0.1, 0.15) is 36.3 Å². The van der Waals surface area contributed by atoms with Crippen LogP contribution in [0.3, 0.4) is 0 Å². The number of hydrogen-bond donors (Lipinski definition) is 0. The molecule has 2 fully saturated rings. The van der Waals surface area contributed by atoms with Gasteiger partial charge in [-0.25, -0.2) is 15.0 Å². The van der Waals surface area contributed by atoms with Crippen molar-refractivity contribution in [3.63, 3.8) is 0 Å². The van der Waals surface area contributed by atoms with Crippen molar-refractivity contribution < 1.29 is 4.74 Å². The van der Waals surface area contributed by atoms with Crippen molar-refractivity contribution in [3.8, 4) is 5.88 Å². The second kappa shape index (κ2) is 8.52. The zero-order chi connectivity index (χ0) is 18.6. The van der Waals surface area contributed by atoms with Crippen LogP contribution < -0.4 is 9.64 Å². The van der Waals surface area contributed by atoms with Crippen LogP contribution >= 0.6 is 11.3 Å². The summed E-state index contributed by atoms with van der Waals surface area (Å²) in [4.78, 5) is 19.5. The fourth-order valence-electron chi connectivity index (χ4n) is 4.53. The van der Waals surface area contributed by atoms with Gasteiger partial charge in [-0.15, -0.1) is 11.3 Å². The molecule has 0 atom stereocenters. The Balaban J connectivity index is 1.26. The number of anilines is 1. The molecule has 0 bridgehead atoms. The Labute approximate surface area is 165 Å². The second-order valence-corrected chi connectivity index (χ2v) is 8.63. The topological polar surface area (TPSA) is 54.4 Å². The van der Waals surface area contributed by atoms with Crippen LogP contribution in [0.4, 0.5) is 5.82 Å². The van der Waals surface area contributed by atoms with Gasteiger partial charge in [-0.2, -0.15) is 0 Å². The zero-order valence-electron chi connectivity index (χ0n) is 16.3. The molecular formula is C20H29N5OS. The number of ether oxygens (including phenoxy) is 1. The van der Waals surface area contributed by atoms with Crippen LogP contribution in [0, 0.1) is 18.8 Å². The second-order valence-electron chi connectivity index (χ2n) is 7.69. The molecule has 0 aliphatic carbocycles. The number of hydrogen-bond acceptors (Lipinski definition) is 7. The zero-order valence-corrected chi connectivity index (χ0v) is 17.1. The van der Waals surface area contributed by atoms with Crippen molar-refractivity contribution in [1.29, 1.82) is 0 Å². The fourth-order valence-corrected chi connectivity index (χ4v) is 5.34. The minimum Gasteiger partial charge on any atom is -0.478 e. The Morgan fingerprint density at radius 3 is 2.30 bits per heavy atom. The molecule has 27 heavy (non-hydrogen) atoms. The summed E-state index contributed by atoms with van der Waals surface area (Å²) in [5.74, 6) is 3.25. The van der Waals surface area contributed by atoms with Crippen molar-refractivity contribution in [2.24, 2.45) is 11.8 Å². The first kappa shape index (κ1) is 18.6. The SMILES string of the molecule is COc1nccnc1N1CCC(C2CCN(Cc3scnc3C)CC2)CC1. The maximum absolute atomic E-state index is 5.38. The highest BCUT2D eigenvalue weighted by Gasteiger charge is 2.31. The van der Waals surface area contributed by atoms with Crippen molar-refractivity contribution in [3.05, 3.63) is 28.5 Å². The van der Waals surface area contributed by atoms with Gasteiger partial charge in [-0.05, 0) is 57.5 Å². The minimum atomic E-state index is 0.641. The van der Waals surface area contributed by atoms with Crippen LogP contribution in [0.5, 0.6) is 5.88 Å². The largest absolute Gasteiger partial charge is 0.478 e. The van der Waals surface area contributed by atoms with E-state index in [1.807, 2.05) is 5.51 Å². The first-order valence-corrected chi connectivity index (χ1v) is 10.8. The molecule has 2 aliphatic rings. The van der Waals surface area contributed by atoms with Gasteiger partial charge in [-0.3, -0.25) is 4.90 Å². The van der Waals surface area contributed by atoms with E-state index >= 15 is 0 Å². The lowest BCUT2D eigenvalue weighted by atomic mass is 9.79. The van der Waals surface area contributed by atoms with Gasteiger partial charge in [0, 0.05) is 36.9 Å². The molecule has 2 aliphatic heterocycles. The molecule has 0 amide bonds. The lowest BCUT2D eigenvalue weighted by Gasteiger charge is -2.40. The van der Waals surface area contributed by atoms with Crippen molar-refractivity contribution in [2.75, 3.05) is 38.2 Å². The summed E-state index contributed by atoms with van der Waals surface area (Å²) in [7, 11) is 1.67. The molecule has 4 rings (SSSR count). The summed E-state index contributed by atoms with van der Waals surface area (Å²) in [5.41, 5.74) is 3.17. The average molecular weight is 388 g/mol. The summed E-state index contributed by atoms with van der Waals surface area (Å²) in [6, 6.07) is 0. The molecule has 0 unspecified atom stereocenters. The molecule has 0 spiro atoms. The first-order valence-electron chi connectivity index (χ1n) is 9.96. The van der Waals surface area contributed by atoms with Gasteiger partial charge in [0.25, 0.3) is 5.88 Å². The van der Waals surface area contributed by atoms with Crippen LogP contribution in [-0.4, -0.2) is 53.1 Å². The number of nitrogens with zero attached hydrogens (tertiary/aromatic N) is 5. The highest BCUT2D eigenvalue weighted by atomic mass is 32.1. The third-order valence-electron chi connectivity index (χ3n) is 6.19. The van der Waals surface area contributed by atoms with Crippen LogP contribution in [0.2, 0.25) is 0 Å². The Morgan fingerprint density at radius 2 is 1.67 bits per heavy atom. The van der Waals surface area contributed by atoms with E-state index in [1.54, 1.807) is 30.8 Å². The molecule has 2 saturated heterocycles.